The summed E-state index contributed by atoms with van der Waals surface area (Å²) in [6.07, 6.45) is 22.2. The predicted octanol–water partition coefficient (Wildman–Crippen LogP) is 7.59. The van der Waals surface area contributed by atoms with Gasteiger partial charge in [-0.1, -0.05) is 39.0 Å². The minimum Gasteiger partial charge on any atom is -0.123 e. The molecular weight excluding hydrogens is 300 g/mol. The maximum Gasteiger partial charge on any atom is 0.0336 e. The highest BCUT2D eigenvalue weighted by Crippen LogP contribution is 2.46. The van der Waals surface area contributed by atoms with Crippen molar-refractivity contribution in [3.8, 4) is 0 Å². The number of hydrogen-bond acceptors (Lipinski definition) is 0. The van der Waals surface area contributed by atoms with Crippen molar-refractivity contribution in [3.63, 3.8) is 0 Å². The molecule has 0 unspecified atom stereocenters. The standard InChI is InChI=1S/C22H39Cl/c1-2-3-4-17-5-7-18(8-6-17)19-9-11-20(12-10-19)21-13-15-22(23)16-14-21/h17-22H,2-16H2,1H3/t17-,18-,19-,20-,21-,22-. The molecule has 0 aromatic carbocycles. The zero-order valence-corrected chi connectivity index (χ0v) is 16.2. The van der Waals surface area contributed by atoms with Crippen LogP contribution in [0.5, 0.6) is 0 Å². The van der Waals surface area contributed by atoms with Gasteiger partial charge in [-0.05, 0) is 93.8 Å². The van der Waals surface area contributed by atoms with Gasteiger partial charge < -0.3 is 0 Å². The predicted molar refractivity (Wildman–Crippen MR) is 102 cm³/mol. The van der Waals surface area contributed by atoms with Crippen molar-refractivity contribution in [1.29, 1.82) is 0 Å². The van der Waals surface area contributed by atoms with E-state index in [4.69, 9.17) is 11.6 Å². The third-order valence-electron chi connectivity index (χ3n) is 7.71. The van der Waals surface area contributed by atoms with E-state index in [0.717, 1.165) is 29.6 Å². The van der Waals surface area contributed by atoms with Crippen LogP contribution in [0.1, 0.15) is 103 Å². The summed E-state index contributed by atoms with van der Waals surface area (Å²) in [6.45, 7) is 2.34. The van der Waals surface area contributed by atoms with Crippen LogP contribution in [0, 0.1) is 29.6 Å². The van der Waals surface area contributed by atoms with Gasteiger partial charge in [0.15, 0.2) is 0 Å². The van der Waals surface area contributed by atoms with E-state index in [0.29, 0.717) is 5.38 Å². The maximum atomic E-state index is 6.29. The lowest BCUT2D eigenvalue weighted by atomic mass is 9.65. The second-order valence-electron chi connectivity index (χ2n) is 9.11. The Morgan fingerprint density at radius 1 is 0.609 bits per heavy atom. The van der Waals surface area contributed by atoms with Crippen molar-refractivity contribution in [2.24, 2.45) is 29.6 Å². The number of unbranched alkanes of at least 4 members (excludes halogenated alkanes) is 1. The van der Waals surface area contributed by atoms with Crippen molar-refractivity contribution in [3.05, 3.63) is 0 Å². The molecule has 3 aliphatic rings. The Morgan fingerprint density at radius 3 is 1.43 bits per heavy atom. The van der Waals surface area contributed by atoms with E-state index in [1.165, 1.54) is 57.8 Å². The fourth-order valence-corrected chi connectivity index (χ4v) is 6.33. The fourth-order valence-electron chi connectivity index (χ4n) is 6.08. The summed E-state index contributed by atoms with van der Waals surface area (Å²) < 4.78 is 0. The van der Waals surface area contributed by atoms with Gasteiger partial charge in [0.05, 0.1) is 0 Å². The lowest BCUT2D eigenvalue weighted by Crippen LogP contribution is -2.29. The monoisotopic (exact) mass is 338 g/mol. The molecule has 0 nitrogen and oxygen atoms in total. The molecule has 0 heterocycles. The second-order valence-corrected chi connectivity index (χ2v) is 9.73. The lowest BCUT2D eigenvalue weighted by Gasteiger charge is -2.41. The third kappa shape index (κ3) is 5.13. The van der Waals surface area contributed by atoms with Crippen LogP contribution >= 0.6 is 11.6 Å². The summed E-state index contributed by atoms with van der Waals surface area (Å²) in [4.78, 5) is 0. The zero-order valence-electron chi connectivity index (χ0n) is 15.4. The van der Waals surface area contributed by atoms with E-state index in [1.807, 2.05) is 0 Å². The molecule has 134 valence electrons. The lowest BCUT2D eigenvalue weighted by molar-refractivity contribution is 0.111. The maximum absolute atomic E-state index is 6.29. The molecule has 0 atom stereocenters. The fraction of sp³-hybridized carbons (Fsp3) is 1.00. The van der Waals surface area contributed by atoms with Gasteiger partial charge in [-0.2, -0.15) is 0 Å². The van der Waals surface area contributed by atoms with Crippen molar-refractivity contribution in [2.75, 3.05) is 0 Å². The minimum atomic E-state index is 0.491. The largest absolute Gasteiger partial charge is 0.123 e. The summed E-state index contributed by atoms with van der Waals surface area (Å²) in [6, 6.07) is 0. The van der Waals surface area contributed by atoms with Crippen LogP contribution in [-0.2, 0) is 0 Å². The molecule has 0 saturated heterocycles. The zero-order chi connectivity index (χ0) is 16.1. The van der Waals surface area contributed by atoms with E-state index in [2.05, 4.69) is 6.92 Å². The molecule has 3 rings (SSSR count). The van der Waals surface area contributed by atoms with E-state index < -0.39 is 0 Å². The van der Waals surface area contributed by atoms with E-state index in [9.17, 15) is 0 Å². The normalized spacial score (nSPS) is 42.5. The molecule has 0 amide bonds. The van der Waals surface area contributed by atoms with Crippen LogP contribution in [0.3, 0.4) is 0 Å². The minimum absolute atomic E-state index is 0.491. The van der Waals surface area contributed by atoms with Gasteiger partial charge in [0.1, 0.15) is 0 Å². The molecule has 0 N–H and O–H groups in total. The van der Waals surface area contributed by atoms with E-state index >= 15 is 0 Å². The summed E-state index contributed by atoms with van der Waals surface area (Å²) >= 11 is 6.29. The first-order chi connectivity index (χ1) is 11.3. The Hall–Kier alpha value is 0.290. The first-order valence-electron chi connectivity index (χ1n) is 10.9. The molecule has 3 aliphatic carbocycles. The third-order valence-corrected chi connectivity index (χ3v) is 8.14. The molecule has 3 fully saturated rings. The first-order valence-corrected chi connectivity index (χ1v) is 11.3. The average Bonchev–Trinajstić information content (AvgIpc) is 2.61. The Morgan fingerprint density at radius 2 is 1.00 bits per heavy atom. The van der Waals surface area contributed by atoms with Gasteiger partial charge in [0.2, 0.25) is 0 Å². The topological polar surface area (TPSA) is 0 Å². The Bertz CT molecular complexity index is 315. The van der Waals surface area contributed by atoms with Gasteiger partial charge in [0, 0.05) is 5.38 Å². The van der Waals surface area contributed by atoms with Crippen LogP contribution in [-0.4, -0.2) is 5.38 Å². The Kier molecular flexibility index (Phi) is 7.17. The van der Waals surface area contributed by atoms with E-state index in [-0.39, 0.29) is 0 Å². The van der Waals surface area contributed by atoms with Gasteiger partial charge in [-0.25, -0.2) is 0 Å². The van der Waals surface area contributed by atoms with Gasteiger partial charge in [-0.15, -0.1) is 11.6 Å². The number of rotatable bonds is 5. The Labute approximate surface area is 150 Å². The van der Waals surface area contributed by atoms with Gasteiger partial charge >= 0.3 is 0 Å². The van der Waals surface area contributed by atoms with Crippen molar-refractivity contribution in [1.82, 2.24) is 0 Å². The molecule has 0 aliphatic heterocycles. The molecule has 0 bridgehead atoms. The summed E-state index contributed by atoms with van der Waals surface area (Å²) in [7, 11) is 0. The molecule has 0 aromatic rings. The van der Waals surface area contributed by atoms with Crippen molar-refractivity contribution in [2.45, 2.75) is 109 Å². The smallest absolute Gasteiger partial charge is 0.0336 e. The van der Waals surface area contributed by atoms with Crippen LogP contribution < -0.4 is 0 Å². The number of alkyl halides is 1. The summed E-state index contributed by atoms with van der Waals surface area (Å²) in [5.41, 5.74) is 0. The number of hydrogen-bond donors (Lipinski definition) is 0. The highest BCUT2D eigenvalue weighted by molar-refractivity contribution is 6.20. The molecular formula is C22H39Cl. The van der Waals surface area contributed by atoms with E-state index in [1.54, 1.807) is 38.5 Å². The molecule has 0 radical (unpaired) electrons. The average molecular weight is 339 g/mol. The van der Waals surface area contributed by atoms with Crippen LogP contribution in [0.4, 0.5) is 0 Å². The highest BCUT2D eigenvalue weighted by atomic mass is 35.5. The van der Waals surface area contributed by atoms with Gasteiger partial charge in [-0.3, -0.25) is 0 Å². The summed E-state index contributed by atoms with van der Waals surface area (Å²) in [5.74, 6) is 5.33. The van der Waals surface area contributed by atoms with Gasteiger partial charge in [0.25, 0.3) is 0 Å². The molecule has 3 saturated carbocycles. The van der Waals surface area contributed by atoms with Crippen molar-refractivity contribution < 1.29 is 0 Å². The molecule has 0 aromatic heterocycles. The molecule has 23 heavy (non-hydrogen) atoms. The highest BCUT2D eigenvalue weighted by Gasteiger charge is 2.34. The Balaban J connectivity index is 1.36. The summed E-state index contributed by atoms with van der Waals surface area (Å²) in [5, 5.41) is 0.491. The van der Waals surface area contributed by atoms with Crippen molar-refractivity contribution >= 4 is 11.6 Å². The SMILES string of the molecule is CCCC[C@H]1CC[C@H]([C@H]2CC[C@H]([C@H]3CC[C@H](Cl)CC3)CC2)CC1. The van der Waals surface area contributed by atoms with Crippen LogP contribution in [0.2, 0.25) is 0 Å². The second kappa shape index (κ2) is 9.12. The molecule has 1 heteroatoms. The first kappa shape index (κ1) is 18.1. The molecule has 0 spiro atoms. The van der Waals surface area contributed by atoms with Crippen LogP contribution in [0.15, 0.2) is 0 Å². The quantitative estimate of drug-likeness (QED) is 0.453. The number of halogens is 1. The van der Waals surface area contributed by atoms with Crippen LogP contribution in [0.25, 0.3) is 0 Å².